The highest BCUT2D eigenvalue weighted by Gasteiger charge is 2.13. The fraction of sp³-hybridized carbons (Fsp3) is 0.778. The second-order valence-electron chi connectivity index (χ2n) is 3.54. The molecule has 1 aliphatic rings. The summed E-state index contributed by atoms with van der Waals surface area (Å²) >= 11 is 3.52. The van der Waals surface area contributed by atoms with Crippen molar-refractivity contribution in [1.82, 2.24) is 15.5 Å². The van der Waals surface area contributed by atoms with E-state index in [1.165, 1.54) is 25.8 Å². The van der Waals surface area contributed by atoms with Crippen LogP contribution in [0, 0.1) is 6.92 Å². The topological polar surface area (TPSA) is 37.8 Å². The number of aromatic nitrogens is 2. The van der Waals surface area contributed by atoms with E-state index in [4.69, 9.17) is 0 Å². The predicted molar refractivity (Wildman–Crippen MR) is 61.0 cm³/mol. The van der Waals surface area contributed by atoms with Crippen molar-refractivity contribution in [3.8, 4) is 0 Å². The third-order valence-corrected chi connectivity index (χ3v) is 4.46. The largest absolute Gasteiger partial charge is 0.313 e. The van der Waals surface area contributed by atoms with Gasteiger partial charge in [0.05, 0.1) is 0 Å². The minimum absolute atomic E-state index is 0.679. The third-order valence-electron chi connectivity index (χ3n) is 2.33. The zero-order valence-electron chi connectivity index (χ0n) is 8.32. The van der Waals surface area contributed by atoms with Crippen molar-refractivity contribution in [2.75, 3.05) is 12.3 Å². The highest BCUT2D eigenvalue weighted by molar-refractivity contribution is 8.01. The van der Waals surface area contributed by atoms with E-state index in [-0.39, 0.29) is 0 Å². The van der Waals surface area contributed by atoms with Crippen LogP contribution in [0.5, 0.6) is 0 Å². The van der Waals surface area contributed by atoms with Crippen LogP contribution >= 0.6 is 23.1 Å². The highest BCUT2D eigenvalue weighted by Crippen LogP contribution is 2.24. The molecule has 0 amide bonds. The smallest absolute Gasteiger partial charge is 0.174 e. The minimum atomic E-state index is 0.679. The van der Waals surface area contributed by atoms with Crippen LogP contribution in [-0.4, -0.2) is 28.5 Å². The second kappa shape index (κ2) is 5.09. The summed E-state index contributed by atoms with van der Waals surface area (Å²) in [4.78, 5) is 0. The first-order chi connectivity index (χ1) is 6.84. The number of hydrogen-bond donors (Lipinski definition) is 1. The molecule has 1 aromatic rings. The molecule has 0 aliphatic carbocycles. The van der Waals surface area contributed by atoms with Gasteiger partial charge in [0.15, 0.2) is 4.34 Å². The van der Waals surface area contributed by atoms with E-state index in [2.05, 4.69) is 15.5 Å². The molecule has 1 aliphatic heterocycles. The number of piperidine rings is 1. The Morgan fingerprint density at radius 3 is 3.07 bits per heavy atom. The predicted octanol–water partition coefficient (Wildman–Crippen LogP) is 2.08. The molecule has 1 fully saturated rings. The van der Waals surface area contributed by atoms with Gasteiger partial charge in [-0.05, 0) is 26.3 Å². The van der Waals surface area contributed by atoms with Gasteiger partial charge in [0.25, 0.3) is 0 Å². The van der Waals surface area contributed by atoms with Crippen LogP contribution in [0.4, 0.5) is 0 Å². The Balaban J connectivity index is 1.76. The molecule has 78 valence electrons. The number of aryl methyl sites for hydroxylation is 1. The molecule has 1 aromatic heterocycles. The Kier molecular flexibility index (Phi) is 3.78. The number of thioether (sulfide) groups is 1. The Morgan fingerprint density at radius 1 is 1.50 bits per heavy atom. The molecule has 1 unspecified atom stereocenters. The summed E-state index contributed by atoms with van der Waals surface area (Å²) in [6.07, 6.45) is 4.01. The lowest BCUT2D eigenvalue weighted by atomic mass is 10.1. The average Bonchev–Trinajstić information content (AvgIpc) is 2.63. The lowest BCUT2D eigenvalue weighted by Crippen LogP contribution is -2.35. The lowest BCUT2D eigenvalue weighted by molar-refractivity contribution is 0.430. The van der Waals surface area contributed by atoms with Crippen molar-refractivity contribution in [2.24, 2.45) is 0 Å². The molecule has 0 saturated carbocycles. The summed E-state index contributed by atoms with van der Waals surface area (Å²) in [7, 11) is 0. The highest BCUT2D eigenvalue weighted by atomic mass is 32.2. The van der Waals surface area contributed by atoms with Gasteiger partial charge >= 0.3 is 0 Å². The Hall–Kier alpha value is -0.130. The van der Waals surface area contributed by atoms with Gasteiger partial charge in [0.2, 0.25) is 0 Å². The molecule has 1 N–H and O–H groups in total. The monoisotopic (exact) mass is 229 g/mol. The van der Waals surface area contributed by atoms with E-state index in [0.717, 1.165) is 15.1 Å². The molecule has 5 heteroatoms. The molecule has 0 spiro atoms. The third kappa shape index (κ3) is 2.93. The first-order valence-corrected chi connectivity index (χ1v) is 6.81. The quantitative estimate of drug-likeness (QED) is 0.805. The SMILES string of the molecule is Cc1nnc(SCC2CCCCN2)s1. The van der Waals surface area contributed by atoms with Gasteiger partial charge in [-0.3, -0.25) is 0 Å². The fourth-order valence-electron chi connectivity index (χ4n) is 1.57. The first-order valence-electron chi connectivity index (χ1n) is 5.01. The molecule has 3 nitrogen and oxygen atoms in total. The Bertz CT molecular complexity index is 281. The van der Waals surface area contributed by atoms with Gasteiger partial charge < -0.3 is 5.32 Å². The van der Waals surface area contributed by atoms with Gasteiger partial charge in [0, 0.05) is 11.8 Å². The van der Waals surface area contributed by atoms with E-state index in [0.29, 0.717) is 6.04 Å². The molecule has 0 bridgehead atoms. The average molecular weight is 229 g/mol. The molecule has 0 radical (unpaired) electrons. The maximum Gasteiger partial charge on any atom is 0.174 e. The Labute approximate surface area is 92.7 Å². The first kappa shape index (κ1) is 10.4. The maximum atomic E-state index is 4.10. The van der Waals surface area contributed by atoms with E-state index in [1.807, 2.05) is 18.7 Å². The summed E-state index contributed by atoms with van der Waals surface area (Å²) in [5, 5.41) is 12.7. The van der Waals surface area contributed by atoms with E-state index in [9.17, 15) is 0 Å². The van der Waals surface area contributed by atoms with E-state index >= 15 is 0 Å². The molecule has 14 heavy (non-hydrogen) atoms. The van der Waals surface area contributed by atoms with Crippen LogP contribution < -0.4 is 5.32 Å². The van der Waals surface area contributed by atoms with Crippen molar-refractivity contribution in [3.63, 3.8) is 0 Å². The van der Waals surface area contributed by atoms with Gasteiger partial charge in [-0.2, -0.15) is 0 Å². The van der Waals surface area contributed by atoms with E-state index in [1.54, 1.807) is 11.3 Å². The van der Waals surface area contributed by atoms with Crippen LogP contribution in [0.1, 0.15) is 24.3 Å². The van der Waals surface area contributed by atoms with Crippen molar-refractivity contribution in [3.05, 3.63) is 5.01 Å². The van der Waals surface area contributed by atoms with Crippen LogP contribution in [0.2, 0.25) is 0 Å². The van der Waals surface area contributed by atoms with Crippen LogP contribution in [-0.2, 0) is 0 Å². The van der Waals surface area contributed by atoms with Gasteiger partial charge in [0.1, 0.15) is 5.01 Å². The van der Waals surface area contributed by atoms with Gasteiger partial charge in [-0.25, -0.2) is 0 Å². The summed E-state index contributed by atoms with van der Waals surface area (Å²) in [6, 6.07) is 0.679. The summed E-state index contributed by atoms with van der Waals surface area (Å²) < 4.78 is 1.11. The van der Waals surface area contributed by atoms with Crippen molar-refractivity contribution < 1.29 is 0 Å². The zero-order valence-corrected chi connectivity index (χ0v) is 9.96. The maximum absolute atomic E-state index is 4.10. The molecule has 1 atom stereocenters. The van der Waals surface area contributed by atoms with Crippen LogP contribution in [0.15, 0.2) is 4.34 Å². The fourth-order valence-corrected chi connectivity index (χ4v) is 3.52. The van der Waals surface area contributed by atoms with Crippen LogP contribution in [0.25, 0.3) is 0 Å². The summed E-state index contributed by atoms with van der Waals surface area (Å²) in [6.45, 7) is 3.18. The van der Waals surface area contributed by atoms with E-state index < -0.39 is 0 Å². The molecule has 1 saturated heterocycles. The standard InChI is InChI=1S/C9H15N3S2/c1-7-11-12-9(14-7)13-6-8-4-2-3-5-10-8/h8,10H,2-6H2,1H3. The molecule has 0 aromatic carbocycles. The lowest BCUT2D eigenvalue weighted by Gasteiger charge is -2.22. The van der Waals surface area contributed by atoms with Gasteiger partial charge in [-0.1, -0.05) is 29.5 Å². The molecule has 2 rings (SSSR count). The summed E-state index contributed by atoms with van der Waals surface area (Å²) in [5.74, 6) is 1.13. The number of nitrogens with one attached hydrogen (secondary N) is 1. The summed E-state index contributed by atoms with van der Waals surface area (Å²) in [5.41, 5.74) is 0. The molecule has 2 heterocycles. The molecular formula is C9H15N3S2. The number of nitrogens with zero attached hydrogens (tertiary/aromatic N) is 2. The second-order valence-corrected chi connectivity index (χ2v) is 5.99. The normalized spacial score (nSPS) is 22.5. The zero-order chi connectivity index (χ0) is 9.80. The van der Waals surface area contributed by atoms with Gasteiger partial charge in [-0.15, -0.1) is 10.2 Å². The van der Waals surface area contributed by atoms with Crippen molar-refractivity contribution in [1.29, 1.82) is 0 Å². The van der Waals surface area contributed by atoms with Crippen molar-refractivity contribution >= 4 is 23.1 Å². The van der Waals surface area contributed by atoms with Crippen LogP contribution in [0.3, 0.4) is 0 Å². The number of rotatable bonds is 3. The molecular weight excluding hydrogens is 214 g/mol. The Morgan fingerprint density at radius 2 is 2.43 bits per heavy atom. The van der Waals surface area contributed by atoms with Crippen molar-refractivity contribution in [2.45, 2.75) is 36.6 Å². The number of hydrogen-bond acceptors (Lipinski definition) is 5. The minimum Gasteiger partial charge on any atom is -0.313 e.